The van der Waals surface area contributed by atoms with Crippen LogP contribution in [0.2, 0.25) is 0 Å². The molecule has 3 unspecified atom stereocenters. The summed E-state index contributed by atoms with van der Waals surface area (Å²) in [6.07, 6.45) is 7.07. The third-order valence-corrected chi connectivity index (χ3v) is 4.26. The summed E-state index contributed by atoms with van der Waals surface area (Å²) in [6.45, 7) is 5.38. The predicted molar refractivity (Wildman–Crippen MR) is 69.7 cm³/mol. The van der Waals surface area contributed by atoms with Crippen molar-refractivity contribution < 1.29 is 4.79 Å². The van der Waals surface area contributed by atoms with Gasteiger partial charge in [0.2, 0.25) is 5.91 Å². The Kier molecular flexibility index (Phi) is 4.84. The normalized spacial score (nSPS) is 33.6. The molecule has 1 amide bonds. The second-order valence-electron chi connectivity index (χ2n) is 6.00. The lowest BCUT2D eigenvalue weighted by Gasteiger charge is -2.23. The van der Waals surface area contributed by atoms with E-state index in [2.05, 4.69) is 17.6 Å². The molecule has 0 spiro atoms. The topological polar surface area (TPSA) is 41.1 Å². The maximum absolute atomic E-state index is 11.8. The molecule has 3 nitrogen and oxygen atoms in total. The van der Waals surface area contributed by atoms with Gasteiger partial charge in [-0.05, 0) is 56.5 Å². The quantitative estimate of drug-likeness (QED) is 0.786. The second kappa shape index (κ2) is 6.39. The maximum Gasteiger partial charge on any atom is 0.220 e. The zero-order valence-electron chi connectivity index (χ0n) is 11.0. The highest BCUT2D eigenvalue weighted by Crippen LogP contribution is 2.32. The van der Waals surface area contributed by atoms with Gasteiger partial charge in [0.15, 0.2) is 0 Å². The lowest BCUT2D eigenvalue weighted by atomic mass is 9.99. The minimum absolute atomic E-state index is 0.273. The summed E-state index contributed by atoms with van der Waals surface area (Å²) in [5, 5.41) is 6.50. The molecule has 0 radical (unpaired) electrons. The van der Waals surface area contributed by atoms with Crippen molar-refractivity contribution >= 4 is 5.91 Å². The number of hydrogen-bond donors (Lipinski definition) is 2. The monoisotopic (exact) mass is 238 g/mol. The molecule has 2 rings (SSSR count). The molecule has 17 heavy (non-hydrogen) atoms. The number of carbonyl (C=O) groups excluding carboxylic acids is 1. The van der Waals surface area contributed by atoms with Crippen LogP contribution < -0.4 is 10.6 Å². The van der Waals surface area contributed by atoms with Crippen LogP contribution in [0.15, 0.2) is 0 Å². The van der Waals surface area contributed by atoms with Gasteiger partial charge >= 0.3 is 0 Å². The minimum Gasteiger partial charge on any atom is -0.356 e. The highest BCUT2D eigenvalue weighted by atomic mass is 16.1. The number of hydrogen-bond acceptors (Lipinski definition) is 2. The molecule has 0 aromatic carbocycles. The fraction of sp³-hybridized carbons (Fsp3) is 0.929. The first-order valence-corrected chi connectivity index (χ1v) is 7.21. The van der Waals surface area contributed by atoms with Crippen LogP contribution in [0.25, 0.3) is 0 Å². The van der Waals surface area contributed by atoms with E-state index >= 15 is 0 Å². The van der Waals surface area contributed by atoms with Crippen molar-refractivity contribution in [1.82, 2.24) is 10.6 Å². The molecule has 3 atom stereocenters. The van der Waals surface area contributed by atoms with Gasteiger partial charge < -0.3 is 10.6 Å². The number of amides is 1. The van der Waals surface area contributed by atoms with E-state index in [1.54, 1.807) is 0 Å². The summed E-state index contributed by atoms with van der Waals surface area (Å²) in [7, 11) is 0. The average Bonchev–Trinajstić information content (AvgIpc) is 2.73. The molecule has 1 aliphatic carbocycles. The maximum atomic E-state index is 11.8. The molecule has 1 aliphatic heterocycles. The van der Waals surface area contributed by atoms with Gasteiger partial charge in [0, 0.05) is 13.0 Å². The Labute approximate surface area is 105 Å². The zero-order chi connectivity index (χ0) is 12.1. The van der Waals surface area contributed by atoms with Crippen LogP contribution in [0.3, 0.4) is 0 Å². The van der Waals surface area contributed by atoms with Gasteiger partial charge in [-0.15, -0.1) is 0 Å². The van der Waals surface area contributed by atoms with Gasteiger partial charge in [-0.2, -0.15) is 0 Å². The van der Waals surface area contributed by atoms with E-state index in [1.807, 2.05) is 0 Å². The van der Waals surface area contributed by atoms with Crippen LogP contribution >= 0.6 is 0 Å². The van der Waals surface area contributed by atoms with Gasteiger partial charge in [0.25, 0.3) is 0 Å². The second-order valence-corrected chi connectivity index (χ2v) is 6.00. The number of nitrogens with one attached hydrogen (secondary N) is 2. The van der Waals surface area contributed by atoms with Crippen LogP contribution in [0, 0.1) is 17.8 Å². The van der Waals surface area contributed by atoms with E-state index in [1.165, 1.54) is 32.1 Å². The van der Waals surface area contributed by atoms with Crippen molar-refractivity contribution in [2.75, 3.05) is 19.6 Å². The molecule has 0 bridgehead atoms. The van der Waals surface area contributed by atoms with E-state index in [0.29, 0.717) is 11.8 Å². The van der Waals surface area contributed by atoms with Crippen LogP contribution in [-0.2, 0) is 4.79 Å². The molecule has 2 aliphatic rings. The van der Waals surface area contributed by atoms with Gasteiger partial charge in [0.1, 0.15) is 0 Å². The van der Waals surface area contributed by atoms with Crippen LogP contribution in [0.4, 0.5) is 0 Å². The van der Waals surface area contributed by atoms with Crippen molar-refractivity contribution in [1.29, 1.82) is 0 Å². The van der Waals surface area contributed by atoms with Gasteiger partial charge in [-0.1, -0.05) is 13.3 Å². The van der Waals surface area contributed by atoms with Crippen molar-refractivity contribution in [2.45, 2.75) is 45.4 Å². The Hall–Kier alpha value is -0.570. The third-order valence-electron chi connectivity index (χ3n) is 4.26. The number of rotatable bonds is 4. The standard InChI is InChI=1S/C14H26N2O/c1-11-4-5-12(7-11)8-14(17)16-10-13-3-2-6-15-9-13/h11-13,15H,2-10H2,1H3,(H,16,17). The van der Waals surface area contributed by atoms with E-state index in [9.17, 15) is 4.79 Å². The fourth-order valence-electron chi connectivity index (χ4n) is 3.20. The number of piperidine rings is 1. The van der Waals surface area contributed by atoms with E-state index in [4.69, 9.17) is 0 Å². The zero-order valence-corrected chi connectivity index (χ0v) is 11.0. The summed E-state index contributed by atoms with van der Waals surface area (Å²) in [4.78, 5) is 11.8. The van der Waals surface area contributed by atoms with E-state index in [0.717, 1.165) is 32.0 Å². The van der Waals surface area contributed by atoms with Crippen LogP contribution in [0.1, 0.15) is 45.4 Å². The highest BCUT2D eigenvalue weighted by Gasteiger charge is 2.23. The van der Waals surface area contributed by atoms with E-state index in [-0.39, 0.29) is 5.91 Å². The van der Waals surface area contributed by atoms with Crippen LogP contribution in [0.5, 0.6) is 0 Å². The van der Waals surface area contributed by atoms with Crippen molar-refractivity contribution in [3.8, 4) is 0 Å². The van der Waals surface area contributed by atoms with Crippen molar-refractivity contribution in [2.24, 2.45) is 17.8 Å². The Bertz CT molecular complexity index is 249. The molecular formula is C14H26N2O. The summed E-state index contributed by atoms with van der Waals surface area (Å²) >= 11 is 0. The van der Waals surface area contributed by atoms with Gasteiger partial charge in [0.05, 0.1) is 0 Å². The highest BCUT2D eigenvalue weighted by molar-refractivity contribution is 5.76. The first kappa shape index (κ1) is 12.9. The first-order chi connectivity index (χ1) is 8.24. The fourth-order valence-corrected chi connectivity index (χ4v) is 3.20. The summed E-state index contributed by atoms with van der Waals surface area (Å²) in [5.74, 6) is 2.40. The molecule has 1 saturated carbocycles. The molecule has 0 aromatic heterocycles. The average molecular weight is 238 g/mol. The lowest BCUT2D eigenvalue weighted by Crippen LogP contribution is -2.38. The molecule has 1 saturated heterocycles. The first-order valence-electron chi connectivity index (χ1n) is 7.21. The summed E-state index contributed by atoms with van der Waals surface area (Å²) < 4.78 is 0. The minimum atomic E-state index is 0.273. The largest absolute Gasteiger partial charge is 0.356 e. The molecule has 1 heterocycles. The molecule has 2 fully saturated rings. The smallest absolute Gasteiger partial charge is 0.220 e. The third kappa shape index (κ3) is 4.30. The summed E-state index contributed by atoms with van der Waals surface area (Å²) in [6, 6.07) is 0. The Balaban J connectivity index is 1.60. The molecule has 3 heteroatoms. The van der Waals surface area contributed by atoms with Crippen molar-refractivity contribution in [3.05, 3.63) is 0 Å². The van der Waals surface area contributed by atoms with Gasteiger partial charge in [-0.3, -0.25) is 4.79 Å². The molecule has 2 N–H and O–H groups in total. The van der Waals surface area contributed by atoms with E-state index < -0.39 is 0 Å². The SMILES string of the molecule is CC1CCC(CC(=O)NCC2CCCNC2)C1. The van der Waals surface area contributed by atoms with Crippen LogP contribution in [-0.4, -0.2) is 25.5 Å². The predicted octanol–water partition coefficient (Wildman–Crippen LogP) is 1.93. The molecular weight excluding hydrogens is 212 g/mol. The Morgan fingerprint density at radius 3 is 2.82 bits per heavy atom. The Morgan fingerprint density at radius 2 is 2.18 bits per heavy atom. The van der Waals surface area contributed by atoms with Gasteiger partial charge in [-0.25, -0.2) is 0 Å². The molecule has 0 aromatic rings. The number of carbonyl (C=O) groups is 1. The van der Waals surface area contributed by atoms with Crippen molar-refractivity contribution in [3.63, 3.8) is 0 Å². The summed E-state index contributed by atoms with van der Waals surface area (Å²) in [5.41, 5.74) is 0. The Morgan fingerprint density at radius 1 is 1.29 bits per heavy atom. The molecule has 98 valence electrons. The lowest BCUT2D eigenvalue weighted by molar-refractivity contribution is -0.122.